The number of fused-ring (bicyclic) bond motifs is 1. The molecule has 17 heavy (non-hydrogen) atoms. The number of oxazole rings is 1. The van der Waals surface area contributed by atoms with Crippen molar-refractivity contribution in [2.24, 2.45) is 0 Å². The van der Waals surface area contributed by atoms with E-state index in [0.29, 0.717) is 18.1 Å². The second-order valence-corrected chi connectivity index (χ2v) is 4.05. The predicted molar refractivity (Wildman–Crippen MR) is 64.5 cm³/mol. The summed E-state index contributed by atoms with van der Waals surface area (Å²) in [5.74, 6) is 0.633. The number of nitrogen functional groups attached to an aromatic ring is 1. The number of hydrogen-bond acceptors (Lipinski definition) is 4. The van der Waals surface area contributed by atoms with Gasteiger partial charge in [-0.3, -0.25) is 4.68 Å². The third-order valence-corrected chi connectivity index (χ3v) is 2.52. The van der Waals surface area contributed by atoms with Gasteiger partial charge in [0, 0.05) is 11.9 Å². The molecule has 0 saturated heterocycles. The Morgan fingerprint density at radius 3 is 3.06 bits per heavy atom. The monoisotopic (exact) mass is 228 g/mol. The van der Waals surface area contributed by atoms with Crippen LogP contribution in [0.3, 0.4) is 0 Å². The van der Waals surface area contributed by atoms with Crippen molar-refractivity contribution in [2.45, 2.75) is 13.5 Å². The predicted octanol–water partition coefficient (Wildman–Crippen LogP) is 1.96. The summed E-state index contributed by atoms with van der Waals surface area (Å²) in [6.07, 6.45) is 3.75. The number of aromatic nitrogens is 3. The molecule has 0 aliphatic heterocycles. The van der Waals surface area contributed by atoms with Gasteiger partial charge in [-0.15, -0.1) is 0 Å². The molecule has 0 aliphatic rings. The van der Waals surface area contributed by atoms with Crippen molar-refractivity contribution in [3.63, 3.8) is 0 Å². The van der Waals surface area contributed by atoms with Gasteiger partial charge in [0.25, 0.3) is 0 Å². The second-order valence-electron chi connectivity index (χ2n) is 4.05. The van der Waals surface area contributed by atoms with Crippen LogP contribution in [-0.2, 0) is 6.54 Å². The Labute approximate surface area is 97.9 Å². The Morgan fingerprint density at radius 1 is 1.41 bits per heavy atom. The van der Waals surface area contributed by atoms with Crippen molar-refractivity contribution in [1.29, 1.82) is 0 Å². The van der Waals surface area contributed by atoms with Gasteiger partial charge < -0.3 is 10.2 Å². The second kappa shape index (κ2) is 3.62. The Morgan fingerprint density at radius 2 is 2.29 bits per heavy atom. The van der Waals surface area contributed by atoms with Crippen LogP contribution in [0.15, 0.2) is 35.0 Å². The van der Waals surface area contributed by atoms with E-state index >= 15 is 0 Å². The minimum atomic E-state index is 0.530. The molecule has 0 aliphatic carbocycles. The Hall–Kier alpha value is -2.30. The lowest BCUT2D eigenvalue weighted by Gasteiger charge is -1.94. The normalized spacial score (nSPS) is 11.1. The third kappa shape index (κ3) is 1.87. The molecule has 0 bridgehead atoms. The summed E-state index contributed by atoms with van der Waals surface area (Å²) < 4.78 is 7.40. The maximum Gasteiger partial charge on any atom is 0.217 e. The van der Waals surface area contributed by atoms with Crippen molar-refractivity contribution in [3.05, 3.63) is 42.0 Å². The van der Waals surface area contributed by atoms with Crippen LogP contribution in [0.2, 0.25) is 0 Å². The molecular weight excluding hydrogens is 216 g/mol. The van der Waals surface area contributed by atoms with Gasteiger partial charge in [0.05, 0.1) is 6.20 Å². The van der Waals surface area contributed by atoms with E-state index in [1.807, 2.05) is 19.2 Å². The minimum absolute atomic E-state index is 0.530. The van der Waals surface area contributed by atoms with E-state index < -0.39 is 0 Å². The van der Waals surface area contributed by atoms with E-state index in [1.54, 1.807) is 23.0 Å². The molecule has 2 aromatic heterocycles. The van der Waals surface area contributed by atoms with E-state index in [2.05, 4.69) is 10.1 Å². The van der Waals surface area contributed by atoms with Crippen molar-refractivity contribution in [3.8, 4) is 0 Å². The van der Waals surface area contributed by atoms with E-state index in [1.165, 1.54) is 0 Å². The van der Waals surface area contributed by atoms with Crippen molar-refractivity contribution < 1.29 is 4.42 Å². The Bertz CT molecular complexity index is 668. The highest BCUT2D eigenvalue weighted by Gasteiger charge is 2.06. The van der Waals surface area contributed by atoms with E-state index in [-0.39, 0.29) is 0 Å². The number of hydrogen-bond donors (Lipinski definition) is 1. The first-order valence-corrected chi connectivity index (χ1v) is 5.35. The number of rotatable bonds is 2. The highest BCUT2D eigenvalue weighted by molar-refractivity contribution is 5.76. The fourth-order valence-electron chi connectivity index (χ4n) is 1.75. The molecule has 0 saturated carbocycles. The molecule has 2 heterocycles. The van der Waals surface area contributed by atoms with Crippen LogP contribution in [0.25, 0.3) is 11.1 Å². The van der Waals surface area contributed by atoms with Crippen molar-refractivity contribution in [2.75, 3.05) is 5.73 Å². The lowest BCUT2D eigenvalue weighted by atomic mass is 10.3. The zero-order valence-corrected chi connectivity index (χ0v) is 9.42. The maximum atomic E-state index is 5.69. The molecule has 1 aromatic carbocycles. The minimum Gasteiger partial charge on any atom is -0.439 e. The maximum absolute atomic E-state index is 5.69. The van der Waals surface area contributed by atoms with Gasteiger partial charge in [-0.05, 0) is 30.7 Å². The van der Waals surface area contributed by atoms with Crippen LogP contribution in [0.4, 0.5) is 5.69 Å². The van der Waals surface area contributed by atoms with Gasteiger partial charge in [0.2, 0.25) is 5.89 Å². The van der Waals surface area contributed by atoms with Crippen molar-refractivity contribution in [1.82, 2.24) is 14.8 Å². The lowest BCUT2D eigenvalue weighted by molar-refractivity contribution is 0.491. The number of nitrogens with two attached hydrogens (primary N) is 1. The van der Waals surface area contributed by atoms with Gasteiger partial charge in [-0.25, -0.2) is 4.98 Å². The van der Waals surface area contributed by atoms with Gasteiger partial charge in [-0.2, -0.15) is 5.10 Å². The van der Waals surface area contributed by atoms with Crippen LogP contribution in [-0.4, -0.2) is 14.8 Å². The molecule has 3 aromatic rings. The van der Waals surface area contributed by atoms with Crippen LogP contribution >= 0.6 is 0 Å². The molecule has 0 unspecified atom stereocenters. The quantitative estimate of drug-likeness (QED) is 0.681. The first kappa shape index (κ1) is 9.89. The average molecular weight is 228 g/mol. The molecule has 0 radical (unpaired) electrons. The molecule has 0 fully saturated rings. The first-order chi connectivity index (χ1) is 8.20. The summed E-state index contributed by atoms with van der Waals surface area (Å²) in [4.78, 5) is 4.37. The van der Waals surface area contributed by atoms with Crippen LogP contribution < -0.4 is 5.73 Å². The van der Waals surface area contributed by atoms with Crippen molar-refractivity contribution >= 4 is 16.8 Å². The summed E-state index contributed by atoms with van der Waals surface area (Å²) in [5.41, 5.74) is 9.02. The topological polar surface area (TPSA) is 69.9 Å². The largest absolute Gasteiger partial charge is 0.439 e. The Kier molecular flexibility index (Phi) is 2.11. The molecule has 0 amide bonds. The molecule has 5 nitrogen and oxygen atoms in total. The van der Waals surface area contributed by atoms with E-state index in [0.717, 1.165) is 16.7 Å². The zero-order valence-electron chi connectivity index (χ0n) is 9.42. The summed E-state index contributed by atoms with van der Waals surface area (Å²) in [5, 5.41) is 4.19. The number of anilines is 1. The van der Waals surface area contributed by atoms with E-state index in [4.69, 9.17) is 10.2 Å². The molecule has 86 valence electrons. The number of nitrogens with zero attached hydrogens (tertiary/aromatic N) is 3. The summed E-state index contributed by atoms with van der Waals surface area (Å²) in [6.45, 7) is 2.53. The SMILES string of the molecule is Cc1cnn(Cc2nc3cc(N)ccc3o2)c1. The molecular formula is C12H12N4O. The average Bonchev–Trinajstić information content (AvgIpc) is 2.84. The third-order valence-electron chi connectivity index (χ3n) is 2.52. The molecule has 0 spiro atoms. The Balaban J connectivity index is 1.95. The fourth-order valence-corrected chi connectivity index (χ4v) is 1.75. The summed E-state index contributed by atoms with van der Waals surface area (Å²) in [6, 6.07) is 5.43. The van der Waals surface area contributed by atoms with Crippen LogP contribution in [0.1, 0.15) is 11.5 Å². The molecule has 5 heteroatoms. The smallest absolute Gasteiger partial charge is 0.217 e. The highest BCUT2D eigenvalue weighted by atomic mass is 16.3. The summed E-state index contributed by atoms with van der Waals surface area (Å²) in [7, 11) is 0. The number of aryl methyl sites for hydroxylation is 1. The van der Waals surface area contributed by atoms with E-state index in [9.17, 15) is 0 Å². The van der Waals surface area contributed by atoms with Gasteiger partial charge in [0.1, 0.15) is 12.1 Å². The lowest BCUT2D eigenvalue weighted by Crippen LogP contribution is -1.99. The van der Waals surface area contributed by atoms with Gasteiger partial charge in [0.15, 0.2) is 5.58 Å². The zero-order chi connectivity index (χ0) is 11.8. The molecule has 2 N–H and O–H groups in total. The number of benzene rings is 1. The standard InChI is InChI=1S/C12H12N4O/c1-8-5-14-16(6-8)7-12-15-10-4-9(13)2-3-11(10)17-12/h2-6H,7,13H2,1H3. The summed E-state index contributed by atoms with van der Waals surface area (Å²) >= 11 is 0. The fraction of sp³-hybridized carbons (Fsp3) is 0.167. The van der Waals surface area contributed by atoms with Gasteiger partial charge in [-0.1, -0.05) is 0 Å². The van der Waals surface area contributed by atoms with Gasteiger partial charge >= 0.3 is 0 Å². The first-order valence-electron chi connectivity index (χ1n) is 5.35. The highest BCUT2D eigenvalue weighted by Crippen LogP contribution is 2.18. The molecule has 0 atom stereocenters. The molecule has 3 rings (SSSR count). The van der Waals surface area contributed by atoms with Crippen LogP contribution in [0.5, 0.6) is 0 Å². The van der Waals surface area contributed by atoms with Crippen LogP contribution in [0, 0.1) is 6.92 Å².